The van der Waals surface area contributed by atoms with E-state index < -0.39 is 23.6 Å². The molecule has 2 aromatic rings. The van der Waals surface area contributed by atoms with Crippen molar-refractivity contribution in [2.75, 3.05) is 12.4 Å². The summed E-state index contributed by atoms with van der Waals surface area (Å²) in [5, 5.41) is 2.96. The van der Waals surface area contributed by atoms with Crippen LogP contribution in [-0.2, 0) is 4.79 Å². The first kappa shape index (κ1) is 17.0. The van der Waals surface area contributed by atoms with Crippen LogP contribution in [-0.4, -0.2) is 19.1 Å². The molecule has 0 aromatic heterocycles. The number of anilines is 1. The number of halogens is 3. The third kappa shape index (κ3) is 4.32. The third-order valence-electron chi connectivity index (χ3n) is 2.99. The molecule has 2 aromatic carbocycles. The van der Waals surface area contributed by atoms with Crippen LogP contribution >= 0.6 is 11.6 Å². The van der Waals surface area contributed by atoms with Gasteiger partial charge in [-0.05, 0) is 37.3 Å². The molecule has 23 heavy (non-hydrogen) atoms. The van der Waals surface area contributed by atoms with Gasteiger partial charge in [-0.3, -0.25) is 4.79 Å². The molecule has 0 bridgehead atoms. The Balaban J connectivity index is 2.02. The summed E-state index contributed by atoms with van der Waals surface area (Å²) in [5.74, 6) is -1.95. The number of carbonyl (C=O) groups excluding carboxylic acids is 1. The fourth-order valence-electron chi connectivity index (χ4n) is 1.80. The highest BCUT2D eigenvalue weighted by Gasteiger charge is 2.16. The first-order chi connectivity index (χ1) is 10.9. The largest absolute Gasteiger partial charge is 0.495 e. The van der Waals surface area contributed by atoms with Gasteiger partial charge in [0.15, 0.2) is 17.7 Å². The van der Waals surface area contributed by atoms with Gasteiger partial charge in [-0.2, -0.15) is 0 Å². The van der Waals surface area contributed by atoms with E-state index in [-0.39, 0.29) is 5.75 Å². The predicted octanol–water partition coefficient (Wildman–Crippen LogP) is 4.03. The average Bonchev–Trinajstić information content (AvgIpc) is 2.51. The minimum absolute atomic E-state index is 0.0549. The van der Waals surface area contributed by atoms with Gasteiger partial charge in [-0.1, -0.05) is 11.6 Å². The second-order valence-electron chi connectivity index (χ2n) is 4.67. The number of rotatable bonds is 5. The van der Waals surface area contributed by atoms with Gasteiger partial charge in [-0.25, -0.2) is 8.78 Å². The van der Waals surface area contributed by atoms with Gasteiger partial charge in [0.2, 0.25) is 0 Å². The molecule has 0 saturated heterocycles. The molecular weight excluding hydrogens is 328 g/mol. The molecule has 2 rings (SSSR count). The number of ether oxygens (including phenoxy) is 2. The zero-order chi connectivity index (χ0) is 17.0. The molecule has 4 nitrogen and oxygen atoms in total. The van der Waals surface area contributed by atoms with Crippen LogP contribution in [0.25, 0.3) is 0 Å². The third-order valence-corrected chi connectivity index (χ3v) is 3.29. The topological polar surface area (TPSA) is 47.6 Å². The van der Waals surface area contributed by atoms with E-state index in [1.807, 2.05) is 0 Å². The van der Waals surface area contributed by atoms with Crippen molar-refractivity contribution < 1.29 is 23.0 Å². The fourth-order valence-corrected chi connectivity index (χ4v) is 2.05. The van der Waals surface area contributed by atoms with Crippen LogP contribution in [0.5, 0.6) is 11.5 Å². The maximum Gasteiger partial charge on any atom is 0.265 e. The Morgan fingerprint density at radius 3 is 2.52 bits per heavy atom. The summed E-state index contributed by atoms with van der Waals surface area (Å²) < 4.78 is 36.3. The van der Waals surface area contributed by atoms with Crippen LogP contribution < -0.4 is 14.8 Å². The van der Waals surface area contributed by atoms with E-state index in [1.165, 1.54) is 26.2 Å². The van der Waals surface area contributed by atoms with Crippen molar-refractivity contribution >= 4 is 23.2 Å². The molecule has 1 atom stereocenters. The Morgan fingerprint density at radius 1 is 1.17 bits per heavy atom. The van der Waals surface area contributed by atoms with E-state index in [0.717, 1.165) is 12.1 Å². The molecule has 0 aliphatic carbocycles. The Kier molecular flexibility index (Phi) is 5.39. The zero-order valence-electron chi connectivity index (χ0n) is 12.4. The molecule has 0 radical (unpaired) electrons. The van der Waals surface area contributed by atoms with Gasteiger partial charge in [0, 0.05) is 11.8 Å². The maximum atomic E-state index is 13.1. The summed E-state index contributed by atoms with van der Waals surface area (Å²) in [7, 11) is 1.48. The van der Waals surface area contributed by atoms with Crippen LogP contribution in [0, 0.1) is 11.6 Å². The van der Waals surface area contributed by atoms with Crippen LogP contribution in [0.15, 0.2) is 36.4 Å². The lowest BCUT2D eigenvalue weighted by atomic mass is 10.2. The lowest BCUT2D eigenvalue weighted by molar-refractivity contribution is -0.122. The highest BCUT2D eigenvalue weighted by Crippen LogP contribution is 2.27. The Labute approximate surface area is 137 Å². The quantitative estimate of drug-likeness (QED) is 0.893. The van der Waals surface area contributed by atoms with Crippen LogP contribution in [0.2, 0.25) is 5.02 Å². The predicted molar refractivity (Wildman–Crippen MR) is 83.1 cm³/mol. The van der Waals surface area contributed by atoms with Crippen LogP contribution in [0.3, 0.4) is 0 Å². The minimum atomic E-state index is -1.04. The number of benzene rings is 2. The summed E-state index contributed by atoms with van der Waals surface area (Å²) >= 11 is 5.97. The smallest absolute Gasteiger partial charge is 0.265 e. The number of carbonyl (C=O) groups is 1. The molecule has 0 unspecified atom stereocenters. The van der Waals surface area contributed by atoms with Gasteiger partial charge in [0.05, 0.1) is 12.1 Å². The standard InChI is InChI=1S/C16H14ClF2NO3/c1-9(23-11-4-5-13(18)14(19)8-11)16(21)20-10-3-6-15(22-2)12(17)7-10/h3-9H,1-2H3,(H,20,21)/t9-/m1/s1. The zero-order valence-corrected chi connectivity index (χ0v) is 13.2. The van der Waals surface area contributed by atoms with E-state index in [4.69, 9.17) is 21.1 Å². The van der Waals surface area contributed by atoms with Crippen molar-refractivity contribution in [3.05, 3.63) is 53.1 Å². The lowest BCUT2D eigenvalue weighted by Crippen LogP contribution is -2.30. The second kappa shape index (κ2) is 7.28. The van der Waals surface area contributed by atoms with Crippen molar-refractivity contribution in [2.24, 2.45) is 0 Å². The maximum absolute atomic E-state index is 13.1. The molecule has 1 N–H and O–H groups in total. The normalized spacial score (nSPS) is 11.7. The summed E-state index contributed by atoms with van der Waals surface area (Å²) in [5.41, 5.74) is 0.460. The molecule has 0 saturated carbocycles. The van der Waals surface area contributed by atoms with Gasteiger partial charge >= 0.3 is 0 Å². The Hall–Kier alpha value is -2.34. The monoisotopic (exact) mass is 341 g/mol. The number of methoxy groups -OCH3 is 1. The minimum Gasteiger partial charge on any atom is -0.495 e. The highest BCUT2D eigenvalue weighted by atomic mass is 35.5. The van der Waals surface area contributed by atoms with Crippen LogP contribution in [0.4, 0.5) is 14.5 Å². The summed E-state index contributed by atoms with van der Waals surface area (Å²) in [6, 6.07) is 7.81. The average molecular weight is 342 g/mol. The summed E-state index contributed by atoms with van der Waals surface area (Å²) in [6.07, 6.45) is -0.916. The van der Waals surface area contributed by atoms with Crippen molar-refractivity contribution in [2.45, 2.75) is 13.0 Å². The Morgan fingerprint density at radius 2 is 1.91 bits per heavy atom. The van der Waals surface area contributed by atoms with E-state index >= 15 is 0 Å². The van der Waals surface area contributed by atoms with E-state index in [1.54, 1.807) is 12.1 Å². The molecule has 0 aliphatic rings. The molecule has 0 spiro atoms. The summed E-state index contributed by atoms with van der Waals surface area (Å²) in [4.78, 5) is 12.1. The number of amides is 1. The van der Waals surface area contributed by atoms with E-state index in [0.29, 0.717) is 16.5 Å². The Bertz CT molecular complexity index is 724. The van der Waals surface area contributed by atoms with Crippen LogP contribution in [0.1, 0.15) is 6.92 Å². The second-order valence-corrected chi connectivity index (χ2v) is 5.08. The van der Waals surface area contributed by atoms with Crippen molar-refractivity contribution in [3.63, 3.8) is 0 Å². The van der Waals surface area contributed by atoms with Gasteiger partial charge in [-0.15, -0.1) is 0 Å². The van der Waals surface area contributed by atoms with Gasteiger partial charge in [0.25, 0.3) is 5.91 Å². The summed E-state index contributed by atoms with van der Waals surface area (Å²) in [6.45, 7) is 1.49. The fraction of sp³-hybridized carbons (Fsp3) is 0.188. The van der Waals surface area contributed by atoms with Gasteiger partial charge in [0.1, 0.15) is 11.5 Å². The SMILES string of the molecule is COc1ccc(NC(=O)[C@@H](C)Oc2ccc(F)c(F)c2)cc1Cl. The number of hydrogen-bond donors (Lipinski definition) is 1. The first-order valence-corrected chi connectivity index (χ1v) is 7.04. The highest BCUT2D eigenvalue weighted by molar-refractivity contribution is 6.32. The van der Waals surface area contributed by atoms with Gasteiger partial charge < -0.3 is 14.8 Å². The lowest BCUT2D eigenvalue weighted by Gasteiger charge is -2.15. The number of hydrogen-bond acceptors (Lipinski definition) is 3. The molecule has 122 valence electrons. The molecule has 0 aliphatic heterocycles. The van der Waals surface area contributed by atoms with E-state index in [9.17, 15) is 13.6 Å². The van der Waals surface area contributed by atoms with E-state index in [2.05, 4.69) is 5.32 Å². The van der Waals surface area contributed by atoms with Crippen molar-refractivity contribution in [1.82, 2.24) is 0 Å². The number of nitrogens with one attached hydrogen (secondary N) is 1. The molecular formula is C16H14ClF2NO3. The van der Waals surface area contributed by atoms with Crippen molar-refractivity contribution in [1.29, 1.82) is 0 Å². The molecule has 7 heteroatoms. The molecule has 0 heterocycles. The molecule has 0 fully saturated rings. The first-order valence-electron chi connectivity index (χ1n) is 6.67. The molecule has 1 amide bonds. The van der Waals surface area contributed by atoms with Crippen molar-refractivity contribution in [3.8, 4) is 11.5 Å².